The second-order valence-corrected chi connectivity index (χ2v) is 5.23. The fourth-order valence-electron chi connectivity index (χ4n) is 2.21. The van der Waals surface area contributed by atoms with Gasteiger partial charge in [0.15, 0.2) is 0 Å². The summed E-state index contributed by atoms with van der Waals surface area (Å²) in [5.74, 6) is 0.268. The number of carbonyl (C=O) groups is 1. The lowest BCUT2D eigenvalue weighted by atomic mass is 9.78. The van der Waals surface area contributed by atoms with E-state index in [1.807, 2.05) is 0 Å². The van der Waals surface area contributed by atoms with Crippen molar-refractivity contribution >= 4 is 21.8 Å². The van der Waals surface area contributed by atoms with Gasteiger partial charge in [-0.2, -0.15) is 0 Å². The number of ether oxygens (including phenoxy) is 1. The maximum atomic E-state index is 12.0. The van der Waals surface area contributed by atoms with Crippen molar-refractivity contribution in [2.45, 2.75) is 37.6 Å². The lowest BCUT2D eigenvalue weighted by Gasteiger charge is -2.42. The van der Waals surface area contributed by atoms with Crippen molar-refractivity contribution in [1.29, 1.82) is 0 Å². The van der Waals surface area contributed by atoms with Crippen LogP contribution in [-0.4, -0.2) is 30.0 Å². The maximum absolute atomic E-state index is 12.0. The van der Waals surface area contributed by atoms with E-state index in [1.54, 1.807) is 0 Å². The maximum Gasteiger partial charge on any atom is 0.225 e. The fraction of sp³-hybridized carbons (Fsp3) is 0.909. The third-order valence-corrected chi connectivity index (χ3v) is 4.56. The third-order valence-electron chi connectivity index (χ3n) is 3.49. The van der Waals surface area contributed by atoms with Crippen molar-refractivity contribution < 1.29 is 9.53 Å². The Morgan fingerprint density at radius 2 is 2.27 bits per heavy atom. The summed E-state index contributed by atoms with van der Waals surface area (Å²) in [7, 11) is 0. The predicted octanol–water partition coefficient (Wildman–Crippen LogP) is 1.85. The monoisotopic (exact) mass is 275 g/mol. The normalized spacial score (nSPS) is 29.3. The van der Waals surface area contributed by atoms with Crippen LogP contribution in [0, 0.1) is 5.92 Å². The topological polar surface area (TPSA) is 38.3 Å². The van der Waals surface area contributed by atoms with Crippen LogP contribution in [0.1, 0.15) is 32.1 Å². The molecule has 2 fully saturated rings. The molecule has 0 aromatic heterocycles. The van der Waals surface area contributed by atoms with Crippen molar-refractivity contribution in [3.8, 4) is 0 Å². The molecule has 0 spiro atoms. The van der Waals surface area contributed by atoms with Gasteiger partial charge < -0.3 is 10.1 Å². The summed E-state index contributed by atoms with van der Waals surface area (Å²) >= 11 is 3.49. The Hall–Kier alpha value is -0.0900. The number of hydrogen-bond donors (Lipinski definition) is 1. The summed E-state index contributed by atoms with van der Waals surface area (Å²) in [6.45, 7) is 1.41. The Labute approximate surface area is 99.1 Å². The standard InChI is InChI=1S/C11H18BrNO2/c12-8-11(4-2-5-11)13-10(14)9-3-1-6-15-7-9/h9H,1-8H2,(H,13,14). The minimum Gasteiger partial charge on any atom is -0.381 e. The van der Waals surface area contributed by atoms with Gasteiger partial charge in [-0.15, -0.1) is 0 Å². The molecule has 2 rings (SSSR count). The minimum atomic E-state index is 0.0501. The van der Waals surface area contributed by atoms with Gasteiger partial charge in [0, 0.05) is 17.5 Å². The lowest BCUT2D eigenvalue weighted by Crippen LogP contribution is -2.56. The van der Waals surface area contributed by atoms with Gasteiger partial charge in [0.2, 0.25) is 5.91 Å². The van der Waals surface area contributed by atoms with E-state index < -0.39 is 0 Å². The molecule has 0 aromatic rings. The van der Waals surface area contributed by atoms with Gasteiger partial charge in [-0.25, -0.2) is 0 Å². The average Bonchev–Trinajstić information content (AvgIpc) is 2.24. The van der Waals surface area contributed by atoms with Crippen LogP contribution in [0.4, 0.5) is 0 Å². The molecule has 4 heteroatoms. The number of halogens is 1. The SMILES string of the molecule is O=C(NC1(CBr)CCC1)C1CCCOC1. The first-order valence-corrected chi connectivity index (χ1v) is 6.84. The summed E-state index contributed by atoms with van der Waals surface area (Å²) in [5, 5.41) is 4.06. The first-order valence-electron chi connectivity index (χ1n) is 5.71. The van der Waals surface area contributed by atoms with Crippen LogP contribution in [0.15, 0.2) is 0 Å². The molecule has 86 valence electrons. The molecular formula is C11H18BrNO2. The van der Waals surface area contributed by atoms with Gasteiger partial charge in [0.05, 0.1) is 12.5 Å². The zero-order chi connectivity index (χ0) is 10.7. The largest absolute Gasteiger partial charge is 0.381 e. The van der Waals surface area contributed by atoms with E-state index in [1.165, 1.54) is 6.42 Å². The van der Waals surface area contributed by atoms with Crippen molar-refractivity contribution in [2.24, 2.45) is 5.92 Å². The van der Waals surface area contributed by atoms with Crippen molar-refractivity contribution in [3.05, 3.63) is 0 Å². The highest BCUT2D eigenvalue weighted by molar-refractivity contribution is 9.09. The first-order chi connectivity index (χ1) is 7.26. The Morgan fingerprint density at radius 1 is 1.47 bits per heavy atom. The predicted molar refractivity (Wildman–Crippen MR) is 62.1 cm³/mol. The van der Waals surface area contributed by atoms with Crippen LogP contribution in [0.25, 0.3) is 0 Å². The number of rotatable bonds is 3. The van der Waals surface area contributed by atoms with E-state index in [4.69, 9.17) is 4.74 Å². The molecule has 1 aliphatic carbocycles. The lowest BCUT2D eigenvalue weighted by molar-refractivity contribution is -0.131. The molecule has 1 N–H and O–H groups in total. The molecule has 3 nitrogen and oxygen atoms in total. The Balaban J connectivity index is 1.85. The van der Waals surface area contributed by atoms with E-state index in [9.17, 15) is 4.79 Å². The molecule has 1 aliphatic heterocycles. The fourth-order valence-corrected chi connectivity index (χ4v) is 2.91. The number of amides is 1. The van der Waals surface area contributed by atoms with Crippen molar-refractivity contribution in [2.75, 3.05) is 18.5 Å². The molecule has 0 bridgehead atoms. The van der Waals surface area contributed by atoms with E-state index in [2.05, 4.69) is 21.2 Å². The zero-order valence-corrected chi connectivity index (χ0v) is 10.5. The number of carbonyl (C=O) groups excluding carboxylic acids is 1. The van der Waals surface area contributed by atoms with Gasteiger partial charge in [-0.05, 0) is 32.1 Å². The van der Waals surface area contributed by atoms with Gasteiger partial charge in [-0.1, -0.05) is 15.9 Å². The molecule has 2 aliphatic rings. The summed E-state index contributed by atoms with van der Waals surface area (Å²) in [6, 6.07) is 0. The number of nitrogens with one attached hydrogen (secondary N) is 1. The van der Waals surface area contributed by atoms with Crippen molar-refractivity contribution in [3.63, 3.8) is 0 Å². The molecular weight excluding hydrogens is 258 g/mol. The highest BCUT2D eigenvalue weighted by Crippen LogP contribution is 2.34. The van der Waals surface area contributed by atoms with Gasteiger partial charge in [0.1, 0.15) is 0 Å². The summed E-state index contributed by atoms with van der Waals surface area (Å²) < 4.78 is 5.33. The minimum absolute atomic E-state index is 0.0501. The van der Waals surface area contributed by atoms with Crippen LogP contribution < -0.4 is 5.32 Å². The molecule has 15 heavy (non-hydrogen) atoms. The zero-order valence-electron chi connectivity index (χ0n) is 8.93. The summed E-state index contributed by atoms with van der Waals surface area (Å²) in [6.07, 6.45) is 5.44. The Kier molecular flexibility index (Phi) is 3.67. The highest BCUT2D eigenvalue weighted by Gasteiger charge is 2.38. The molecule has 0 radical (unpaired) electrons. The van der Waals surface area contributed by atoms with Crippen LogP contribution in [-0.2, 0) is 9.53 Å². The van der Waals surface area contributed by atoms with Gasteiger partial charge in [-0.3, -0.25) is 4.79 Å². The number of alkyl halides is 1. The second-order valence-electron chi connectivity index (χ2n) is 4.67. The molecule has 1 unspecified atom stereocenters. The number of hydrogen-bond acceptors (Lipinski definition) is 2. The summed E-state index contributed by atoms with van der Waals surface area (Å²) in [4.78, 5) is 12.0. The third kappa shape index (κ3) is 2.53. The Morgan fingerprint density at radius 3 is 2.73 bits per heavy atom. The van der Waals surface area contributed by atoms with Crippen LogP contribution in [0.3, 0.4) is 0 Å². The van der Waals surface area contributed by atoms with Crippen LogP contribution in [0.5, 0.6) is 0 Å². The molecule has 1 amide bonds. The molecule has 1 atom stereocenters. The Bertz CT molecular complexity index is 229. The van der Waals surface area contributed by atoms with Crippen LogP contribution in [0.2, 0.25) is 0 Å². The smallest absolute Gasteiger partial charge is 0.225 e. The molecule has 1 heterocycles. The first kappa shape index (κ1) is 11.4. The van der Waals surface area contributed by atoms with Crippen molar-refractivity contribution in [1.82, 2.24) is 5.32 Å². The van der Waals surface area contributed by atoms with Gasteiger partial charge >= 0.3 is 0 Å². The van der Waals surface area contributed by atoms with E-state index in [-0.39, 0.29) is 17.4 Å². The second kappa shape index (κ2) is 4.83. The quantitative estimate of drug-likeness (QED) is 0.799. The molecule has 0 aromatic carbocycles. The molecule has 1 saturated carbocycles. The average molecular weight is 276 g/mol. The highest BCUT2D eigenvalue weighted by atomic mass is 79.9. The van der Waals surface area contributed by atoms with E-state index in [0.717, 1.165) is 37.6 Å². The van der Waals surface area contributed by atoms with Gasteiger partial charge in [0.25, 0.3) is 0 Å². The molecule has 1 saturated heterocycles. The summed E-state index contributed by atoms with van der Waals surface area (Å²) in [5.41, 5.74) is 0.0501. The van der Waals surface area contributed by atoms with Crippen LogP contribution >= 0.6 is 15.9 Å². The van der Waals surface area contributed by atoms with E-state index in [0.29, 0.717) is 6.61 Å². The van der Waals surface area contributed by atoms with E-state index >= 15 is 0 Å².